The molecule has 108 valence electrons. The van der Waals surface area contributed by atoms with Gasteiger partial charge in [-0.3, -0.25) is 14.3 Å². The van der Waals surface area contributed by atoms with Crippen molar-refractivity contribution in [3.63, 3.8) is 0 Å². The predicted octanol–water partition coefficient (Wildman–Crippen LogP) is -2.57. The smallest absolute Gasteiger partial charge is 0.330 e. The van der Waals surface area contributed by atoms with Crippen molar-refractivity contribution in [1.29, 1.82) is 0 Å². The molecule has 0 bridgehead atoms. The van der Waals surface area contributed by atoms with Crippen LogP contribution in [0.1, 0.15) is 13.1 Å². The number of nitrogens with zero attached hydrogens (tertiary/aromatic N) is 1. The molecule has 8 nitrogen and oxygen atoms in total. The van der Waals surface area contributed by atoms with Gasteiger partial charge in [0.15, 0.2) is 6.20 Å². The van der Waals surface area contributed by atoms with Crippen molar-refractivity contribution < 1.29 is 25.8 Å². The van der Waals surface area contributed by atoms with E-state index in [1.54, 1.807) is 4.98 Å². The van der Waals surface area contributed by atoms with Gasteiger partial charge >= 0.3 is 5.69 Å². The quantitative estimate of drug-likeness (QED) is 0.443. The molecule has 1 aliphatic rings. The van der Waals surface area contributed by atoms with Gasteiger partial charge in [0, 0.05) is 6.20 Å². The van der Waals surface area contributed by atoms with E-state index in [1.807, 2.05) is 5.92 Å². The highest BCUT2D eigenvalue weighted by Crippen LogP contribution is 2.37. The third-order valence-corrected chi connectivity index (χ3v) is 2.82. The van der Waals surface area contributed by atoms with Crippen LogP contribution in [0.3, 0.4) is 0 Å². The van der Waals surface area contributed by atoms with Gasteiger partial charge in [0.1, 0.15) is 24.4 Å². The molecule has 1 aromatic heterocycles. The van der Waals surface area contributed by atoms with Crippen LogP contribution in [0.5, 0.6) is 0 Å². The normalized spacial score (nSPS) is 37.5. The zero-order valence-corrected chi connectivity index (χ0v) is 9.91. The fourth-order valence-corrected chi connectivity index (χ4v) is 1.72. The Morgan fingerprint density at radius 2 is 2.30 bits per heavy atom. The van der Waals surface area contributed by atoms with Gasteiger partial charge in [0.25, 0.3) is 11.4 Å². The largest absolute Gasteiger partial charge is 0.390 e. The van der Waals surface area contributed by atoms with Crippen molar-refractivity contribution in [2.75, 3.05) is 6.61 Å². The molecule has 4 atom stereocenters. The topological polar surface area (TPSA) is 125 Å². The monoisotopic (exact) mass is 287 g/mol. The lowest BCUT2D eigenvalue weighted by Gasteiger charge is -2.19. The maximum atomic E-state index is 14.0. The Morgan fingerprint density at radius 1 is 1.65 bits per heavy atom. The molecule has 0 radical (unpaired) electrons. The van der Waals surface area contributed by atoms with Gasteiger partial charge in [0.05, 0.1) is 1.37 Å². The second kappa shape index (κ2) is 4.84. The number of terminal acetylenes is 1. The van der Waals surface area contributed by atoms with E-state index >= 15 is 0 Å². The van der Waals surface area contributed by atoms with Crippen LogP contribution in [-0.2, 0) is 4.74 Å². The molecular formula is C11H11FN2O6. The van der Waals surface area contributed by atoms with Gasteiger partial charge in [-0.1, -0.05) is 5.92 Å². The van der Waals surface area contributed by atoms with Crippen LogP contribution in [-0.4, -0.2) is 49.5 Å². The Hall–Kier alpha value is -1.99. The number of aliphatic hydroxyl groups excluding tert-OH is 3. The van der Waals surface area contributed by atoms with Crippen molar-refractivity contribution in [3.8, 4) is 12.3 Å². The lowest BCUT2D eigenvalue weighted by Crippen LogP contribution is -2.42. The zero-order valence-electron chi connectivity index (χ0n) is 10.9. The molecule has 0 unspecified atom stereocenters. The van der Waals surface area contributed by atoms with E-state index in [-0.39, 0.29) is 5.56 Å². The number of nitrogens with one attached hydrogen (secondary N) is 1. The molecule has 0 aromatic carbocycles. The van der Waals surface area contributed by atoms with Crippen molar-refractivity contribution >= 4 is 0 Å². The van der Waals surface area contributed by atoms with Gasteiger partial charge in [-0.05, 0) is 0 Å². The Labute approximate surface area is 112 Å². The summed E-state index contributed by atoms with van der Waals surface area (Å²) in [5.41, 5.74) is -2.49. The van der Waals surface area contributed by atoms with Gasteiger partial charge in [0.2, 0.25) is 0 Å². The first-order valence-corrected chi connectivity index (χ1v) is 5.39. The number of alkyl halides is 1. The van der Waals surface area contributed by atoms with Crippen molar-refractivity contribution in [2.45, 2.75) is 24.3 Å². The first-order valence-electron chi connectivity index (χ1n) is 5.89. The number of aliphatic hydroxyl groups is 3. The minimum Gasteiger partial charge on any atom is -0.390 e. The van der Waals surface area contributed by atoms with Crippen LogP contribution in [0.2, 0.25) is 0 Å². The molecule has 1 saturated heterocycles. The SMILES string of the molecule is [2H][C@@]1(n2cc(C#C)c(=O)[nH]c2=O)O[C@](F)(CO)[C@@H](O)[C@H]1O. The number of aromatic nitrogens is 2. The van der Waals surface area contributed by atoms with E-state index in [4.69, 9.17) is 12.9 Å². The van der Waals surface area contributed by atoms with Gasteiger partial charge in [-0.15, -0.1) is 6.42 Å². The first kappa shape index (κ1) is 13.0. The molecule has 1 aromatic rings. The van der Waals surface area contributed by atoms with E-state index < -0.39 is 42.1 Å². The third kappa shape index (κ3) is 2.04. The van der Waals surface area contributed by atoms with E-state index in [0.29, 0.717) is 10.8 Å². The second-order valence-electron chi connectivity index (χ2n) is 4.09. The second-order valence-corrected chi connectivity index (χ2v) is 4.09. The summed E-state index contributed by atoms with van der Waals surface area (Å²) in [4.78, 5) is 24.8. The number of aromatic amines is 1. The standard InChI is InChI=1S/C11H11FN2O6/c1-2-5-3-14(10(19)13-8(5)18)9-6(16)7(17)11(12,4-15)20-9/h1,3,6-7,9,15-17H,4H2,(H,13,18,19)/t6-,7+,9-,11-/m1/s1/i9D. The van der Waals surface area contributed by atoms with Crippen molar-refractivity contribution in [2.24, 2.45) is 0 Å². The number of rotatable bonds is 2. The lowest BCUT2D eigenvalue weighted by molar-refractivity contribution is -0.207. The predicted molar refractivity (Wildman–Crippen MR) is 62.3 cm³/mol. The van der Waals surface area contributed by atoms with E-state index in [1.165, 1.54) is 0 Å². The molecule has 1 aliphatic heterocycles. The van der Waals surface area contributed by atoms with Gasteiger partial charge < -0.3 is 20.1 Å². The Bertz CT molecular complexity index is 727. The molecule has 9 heteroatoms. The van der Waals surface area contributed by atoms with Crippen LogP contribution in [0.4, 0.5) is 4.39 Å². The summed E-state index contributed by atoms with van der Waals surface area (Å²) in [6, 6.07) is 0. The third-order valence-electron chi connectivity index (χ3n) is 2.82. The molecule has 1 fully saturated rings. The van der Waals surface area contributed by atoms with E-state index in [0.717, 1.165) is 0 Å². The number of hydrogen-bond donors (Lipinski definition) is 4. The fraction of sp³-hybridized carbons (Fsp3) is 0.455. The molecule has 4 N–H and O–H groups in total. The minimum absolute atomic E-state index is 0.328. The van der Waals surface area contributed by atoms with E-state index in [9.17, 15) is 24.2 Å². The Balaban J connectivity index is 2.64. The summed E-state index contributed by atoms with van der Waals surface area (Å²) in [5, 5.41) is 28.2. The van der Waals surface area contributed by atoms with Crippen molar-refractivity contribution in [3.05, 3.63) is 32.6 Å². The average molecular weight is 287 g/mol. The first-order chi connectivity index (χ1) is 9.69. The molecule has 20 heavy (non-hydrogen) atoms. The lowest BCUT2D eigenvalue weighted by atomic mass is 10.1. The van der Waals surface area contributed by atoms with Crippen LogP contribution < -0.4 is 11.2 Å². The van der Waals surface area contributed by atoms with Gasteiger partial charge in [-0.25, -0.2) is 9.18 Å². The summed E-state index contributed by atoms with van der Waals surface area (Å²) < 4.78 is 26.8. The summed E-state index contributed by atoms with van der Waals surface area (Å²) in [6.07, 6.45) is -1.56. The van der Waals surface area contributed by atoms with Crippen LogP contribution in [0, 0.1) is 12.3 Å². The summed E-state index contributed by atoms with van der Waals surface area (Å²) >= 11 is 0. The number of halogens is 1. The maximum Gasteiger partial charge on any atom is 0.330 e. The molecule has 0 saturated carbocycles. The molecule has 2 rings (SSSR count). The molecule has 0 amide bonds. The summed E-state index contributed by atoms with van der Waals surface area (Å²) in [5.74, 6) is -1.21. The maximum absolute atomic E-state index is 14.0. The Morgan fingerprint density at radius 3 is 2.80 bits per heavy atom. The zero-order chi connectivity index (χ0) is 16.0. The number of hydrogen-bond acceptors (Lipinski definition) is 6. The highest BCUT2D eigenvalue weighted by molar-refractivity contribution is 5.26. The summed E-state index contributed by atoms with van der Waals surface area (Å²) in [7, 11) is 0. The average Bonchev–Trinajstić information content (AvgIpc) is 2.61. The van der Waals surface area contributed by atoms with Crippen LogP contribution >= 0.6 is 0 Å². The number of ether oxygens (including phenoxy) is 1. The van der Waals surface area contributed by atoms with Crippen LogP contribution in [0.25, 0.3) is 0 Å². The molecule has 0 aliphatic carbocycles. The molecule has 2 heterocycles. The van der Waals surface area contributed by atoms with Gasteiger partial charge in [-0.2, -0.15) is 0 Å². The highest BCUT2D eigenvalue weighted by Gasteiger charge is 2.55. The van der Waals surface area contributed by atoms with E-state index in [2.05, 4.69) is 4.74 Å². The fourth-order valence-electron chi connectivity index (χ4n) is 1.72. The minimum atomic E-state index is -3.15. The van der Waals surface area contributed by atoms with Crippen LogP contribution in [0.15, 0.2) is 15.8 Å². The number of H-pyrrole nitrogens is 1. The Kier molecular flexibility index (Phi) is 3.15. The molecular weight excluding hydrogens is 275 g/mol. The molecule has 0 spiro atoms. The highest BCUT2D eigenvalue weighted by atomic mass is 19.2. The summed E-state index contributed by atoms with van der Waals surface area (Å²) in [6.45, 7) is -1.36. The van der Waals surface area contributed by atoms with Crippen molar-refractivity contribution in [1.82, 2.24) is 9.55 Å².